The van der Waals surface area contributed by atoms with Crippen LogP contribution in [0.4, 0.5) is 0 Å². The Balaban J connectivity index is 0.000000364. The van der Waals surface area contributed by atoms with Crippen LogP contribution >= 0.6 is 0 Å². The predicted octanol–water partition coefficient (Wildman–Crippen LogP) is 0.801. The minimum absolute atomic E-state index is 0. The summed E-state index contributed by atoms with van der Waals surface area (Å²) in [5.41, 5.74) is 0. The zero-order valence-electron chi connectivity index (χ0n) is 10.7. The Morgan fingerprint density at radius 1 is 0.571 bits per heavy atom. The van der Waals surface area contributed by atoms with Gasteiger partial charge in [-0.15, -0.1) is 0 Å². The van der Waals surface area contributed by atoms with Gasteiger partial charge in [0.25, 0.3) is 0 Å². The number of hydrogen-bond acceptors (Lipinski definition) is 6. The van der Waals surface area contributed by atoms with Crippen molar-refractivity contribution in [2.75, 3.05) is 0 Å². The molecule has 0 aliphatic rings. The number of benzene rings is 2. The molecule has 0 bridgehead atoms. The van der Waals surface area contributed by atoms with Gasteiger partial charge < -0.3 is 9.11 Å². The molecule has 0 atom stereocenters. The van der Waals surface area contributed by atoms with E-state index in [0.29, 0.717) is 0 Å². The van der Waals surface area contributed by atoms with Gasteiger partial charge in [0.1, 0.15) is 20.2 Å². The monoisotopic (exact) mass is 323 g/mol. The molecule has 0 spiro atoms. The van der Waals surface area contributed by atoms with E-state index < -0.39 is 20.2 Å². The standard InChI is InChI=1S/2C6H6O3S.Be/c2*7-10(8,9)6-4-2-1-3-5-6;/h2*1-5H,(H,7,8,9);/q;;+2/p-2. The van der Waals surface area contributed by atoms with Crippen molar-refractivity contribution in [2.45, 2.75) is 9.79 Å². The molecule has 21 heavy (non-hydrogen) atoms. The molecule has 0 radical (unpaired) electrons. The van der Waals surface area contributed by atoms with Crippen molar-refractivity contribution in [2.24, 2.45) is 0 Å². The summed E-state index contributed by atoms with van der Waals surface area (Å²) in [5, 5.41) is 0. The molecule has 2 aromatic carbocycles. The van der Waals surface area contributed by atoms with Gasteiger partial charge in [-0.2, -0.15) is 0 Å². The van der Waals surface area contributed by atoms with Crippen molar-refractivity contribution in [3.8, 4) is 0 Å². The Bertz CT molecular complexity index is 675. The minimum Gasteiger partial charge on any atom is -0.744 e. The van der Waals surface area contributed by atoms with E-state index in [1.54, 1.807) is 12.1 Å². The van der Waals surface area contributed by atoms with E-state index in [1.807, 2.05) is 0 Å². The zero-order valence-corrected chi connectivity index (χ0v) is 12.4. The van der Waals surface area contributed by atoms with Crippen LogP contribution in [0.3, 0.4) is 0 Å². The fraction of sp³-hybridized carbons (Fsp3) is 0. The van der Waals surface area contributed by atoms with Crippen molar-refractivity contribution in [1.82, 2.24) is 0 Å². The molecular formula is C12H10BeO6S2. The Labute approximate surface area is 127 Å². The van der Waals surface area contributed by atoms with E-state index >= 15 is 0 Å². The molecule has 0 saturated heterocycles. The second-order valence-electron chi connectivity index (χ2n) is 3.53. The number of hydrogen-bond donors (Lipinski definition) is 0. The first-order valence-corrected chi connectivity index (χ1v) is 8.05. The zero-order chi connectivity index (χ0) is 15.2. The van der Waals surface area contributed by atoms with E-state index in [1.165, 1.54) is 48.5 Å². The van der Waals surface area contributed by atoms with Crippen molar-refractivity contribution >= 4 is 30.4 Å². The number of rotatable bonds is 2. The first-order valence-electron chi connectivity index (χ1n) is 5.23. The summed E-state index contributed by atoms with van der Waals surface area (Å²) in [6.45, 7) is 0. The van der Waals surface area contributed by atoms with Crippen molar-refractivity contribution in [3.63, 3.8) is 0 Å². The van der Waals surface area contributed by atoms with Crippen molar-refractivity contribution in [3.05, 3.63) is 60.7 Å². The van der Waals surface area contributed by atoms with E-state index in [2.05, 4.69) is 0 Å². The molecule has 0 amide bonds. The molecule has 0 saturated carbocycles. The Morgan fingerprint density at radius 3 is 0.952 bits per heavy atom. The van der Waals surface area contributed by atoms with Gasteiger partial charge >= 0.3 is 10.1 Å². The summed E-state index contributed by atoms with van der Waals surface area (Å²) in [7, 11) is -8.51. The third-order valence-electron chi connectivity index (χ3n) is 2.06. The van der Waals surface area contributed by atoms with Crippen LogP contribution in [0.2, 0.25) is 0 Å². The summed E-state index contributed by atoms with van der Waals surface area (Å²) >= 11 is 0. The SMILES string of the molecule is O=S(=O)([O-])c1ccccc1.O=S(=O)([O-])c1ccccc1.[Be+2]. The van der Waals surface area contributed by atoms with Gasteiger partial charge in [0.2, 0.25) is 0 Å². The maximum atomic E-state index is 10.3. The molecule has 0 aromatic heterocycles. The Kier molecular flexibility index (Phi) is 7.41. The van der Waals surface area contributed by atoms with Crippen LogP contribution in [0.1, 0.15) is 0 Å². The van der Waals surface area contributed by atoms with Gasteiger partial charge in [-0.1, -0.05) is 36.4 Å². The van der Waals surface area contributed by atoms with Gasteiger partial charge in [-0.3, -0.25) is 0 Å². The second kappa shape index (κ2) is 8.01. The van der Waals surface area contributed by atoms with Crippen LogP contribution in [0.5, 0.6) is 0 Å². The fourth-order valence-corrected chi connectivity index (χ4v) is 2.16. The maximum absolute atomic E-state index is 10.3. The molecule has 0 aliphatic carbocycles. The van der Waals surface area contributed by atoms with Crippen LogP contribution in [0.15, 0.2) is 70.5 Å². The largest absolute Gasteiger partial charge is 2.00 e. The normalized spacial score (nSPS) is 10.8. The van der Waals surface area contributed by atoms with Crippen LogP contribution in [0.25, 0.3) is 0 Å². The van der Waals surface area contributed by atoms with Crippen LogP contribution in [-0.4, -0.2) is 36.1 Å². The average molecular weight is 323 g/mol. The summed E-state index contributed by atoms with van der Waals surface area (Å²) in [4.78, 5) is -0.370. The molecule has 0 heterocycles. The first kappa shape index (κ1) is 19.4. The van der Waals surface area contributed by atoms with Gasteiger partial charge in [-0.05, 0) is 24.3 Å². The Morgan fingerprint density at radius 2 is 0.810 bits per heavy atom. The quantitative estimate of drug-likeness (QED) is 0.596. The van der Waals surface area contributed by atoms with Gasteiger partial charge in [-0.25, -0.2) is 16.8 Å². The molecular weight excluding hydrogens is 313 g/mol. The van der Waals surface area contributed by atoms with E-state index in [9.17, 15) is 25.9 Å². The smallest absolute Gasteiger partial charge is 0.744 e. The summed E-state index contributed by atoms with van der Waals surface area (Å²) < 4.78 is 61.7. The molecule has 2 rings (SSSR count). The van der Waals surface area contributed by atoms with Crippen molar-refractivity contribution in [1.29, 1.82) is 0 Å². The average Bonchev–Trinajstić information content (AvgIpc) is 2.40. The van der Waals surface area contributed by atoms with E-state index in [-0.39, 0.29) is 19.9 Å². The van der Waals surface area contributed by atoms with Crippen molar-refractivity contribution < 1.29 is 25.9 Å². The van der Waals surface area contributed by atoms with E-state index in [0.717, 1.165) is 0 Å². The molecule has 0 N–H and O–H groups in total. The molecule has 0 fully saturated rings. The van der Waals surface area contributed by atoms with E-state index in [4.69, 9.17) is 0 Å². The Hall–Kier alpha value is -1.57. The second-order valence-corrected chi connectivity index (χ2v) is 6.29. The summed E-state index contributed by atoms with van der Waals surface area (Å²) in [6.07, 6.45) is 0. The minimum atomic E-state index is -4.25. The maximum Gasteiger partial charge on any atom is 2.00 e. The predicted molar refractivity (Wildman–Crippen MR) is 74.6 cm³/mol. The van der Waals surface area contributed by atoms with Gasteiger partial charge in [0.15, 0.2) is 0 Å². The van der Waals surface area contributed by atoms with Crippen LogP contribution in [-0.2, 0) is 20.2 Å². The molecule has 9 heteroatoms. The molecule has 108 valence electrons. The first-order chi connectivity index (χ1) is 9.21. The third-order valence-corrected chi connectivity index (χ3v) is 3.76. The topological polar surface area (TPSA) is 114 Å². The fourth-order valence-electron chi connectivity index (χ4n) is 1.17. The van der Waals surface area contributed by atoms with Gasteiger partial charge in [0, 0.05) is 0 Å². The summed E-state index contributed by atoms with van der Waals surface area (Å²) in [5.74, 6) is 0. The molecule has 2 aromatic rings. The molecule has 0 aliphatic heterocycles. The van der Waals surface area contributed by atoms with Crippen LogP contribution in [0, 0.1) is 0 Å². The summed E-state index contributed by atoms with van der Waals surface area (Å²) in [6, 6.07) is 14.4. The molecule has 6 nitrogen and oxygen atoms in total. The van der Waals surface area contributed by atoms with Crippen LogP contribution < -0.4 is 0 Å². The van der Waals surface area contributed by atoms with Gasteiger partial charge in [0.05, 0.1) is 9.79 Å². The third kappa shape index (κ3) is 7.12. The molecule has 0 unspecified atom stereocenters.